The third kappa shape index (κ3) is 5.68. The molecule has 0 aliphatic carbocycles. The molecule has 0 fully saturated rings. The fraction of sp³-hybridized carbons (Fsp3) is 0.667. The lowest BCUT2D eigenvalue weighted by Crippen LogP contribution is -2.28. The lowest BCUT2D eigenvalue weighted by atomic mass is 10.0. The second kappa shape index (κ2) is 6.36. The molecule has 0 aromatic carbocycles. The Morgan fingerprint density at radius 2 is 1.75 bits per heavy atom. The van der Waals surface area contributed by atoms with E-state index in [0.29, 0.717) is 5.82 Å². The van der Waals surface area contributed by atoms with E-state index in [2.05, 4.69) is 20.4 Å². The number of carboxylic acids is 1. The minimum Gasteiger partial charge on any atom is -0.481 e. The second-order valence-corrected chi connectivity index (χ2v) is 5.39. The van der Waals surface area contributed by atoms with Crippen molar-refractivity contribution in [3.05, 3.63) is 11.6 Å². The summed E-state index contributed by atoms with van der Waals surface area (Å²) in [7, 11) is 0. The van der Waals surface area contributed by atoms with Crippen LogP contribution in [0.2, 0.25) is 0 Å². The molecule has 8 nitrogen and oxygen atoms in total. The van der Waals surface area contributed by atoms with Crippen LogP contribution in [0.5, 0.6) is 0 Å². The summed E-state index contributed by atoms with van der Waals surface area (Å²) in [6.07, 6.45) is -0.265. The van der Waals surface area contributed by atoms with Crippen LogP contribution in [0, 0.1) is 12.8 Å². The topological polar surface area (TPSA) is 115 Å². The molecule has 0 bridgehead atoms. The van der Waals surface area contributed by atoms with Crippen molar-refractivity contribution >= 4 is 11.9 Å². The smallest absolute Gasteiger partial charge is 0.307 e. The summed E-state index contributed by atoms with van der Waals surface area (Å²) in [5.74, 6) is -2.06. The third-order valence-electron chi connectivity index (χ3n) is 2.23. The van der Waals surface area contributed by atoms with Crippen LogP contribution >= 0.6 is 0 Å². The van der Waals surface area contributed by atoms with Crippen LogP contribution < -0.4 is 0 Å². The molecule has 1 N–H and O–H groups in total. The maximum Gasteiger partial charge on any atom is 0.307 e. The fourth-order valence-corrected chi connectivity index (χ4v) is 1.43. The third-order valence-corrected chi connectivity index (χ3v) is 2.23. The molecule has 0 saturated carbocycles. The monoisotopic (exact) mass is 282 g/mol. The van der Waals surface area contributed by atoms with Gasteiger partial charge in [0.2, 0.25) is 0 Å². The number of aryl methyl sites for hydroxylation is 1. The molecule has 0 aliphatic rings. The molecule has 20 heavy (non-hydrogen) atoms. The molecule has 1 rings (SSSR count). The quantitative estimate of drug-likeness (QED) is 0.778. The molecule has 1 unspecified atom stereocenters. The SMILES string of the molecule is Cc1nnc(CC(CC(=O)OC(C)(C)C)C(=O)O)nn1. The maximum atomic E-state index is 11.7. The zero-order valence-electron chi connectivity index (χ0n) is 12.0. The summed E-state index contributed by atoms with van der Waals surface area (Å²) in [6, 6.07) is 0. The van der Waals surface area contributed by atoms with Gasteiger partial charge in [-0.3, -0.25) is 9.59 Å². The zero-order chi connectivity index (χ0) is 15.3. The van der Waals surface area contributed by atoms with E-state index in [1.54, 1.807) is 27.7 Å². The van der Waals surface area contributed by atoms with E-state index in [-0.39, 0.29) is 18.7 Å². The molecule has 1 atom stereocenters. The Balaban J connectivity index is 2.68. The van der Waals surface area contributed by atoms with Gasteiger partial charge in [0.25, 0.3) is 0 Å². The van der Waals surface area contributed by atoms with Gasteiger partial charge < -0.3 is 9.84 Å². The van der Waals surface area contributed by atoms with E-state index in [1.807, 2.05) is 0 Å². The van der Waals surface area contributed by atoms with Gasteiger partial charge >= 0.3 is 11.9 Å². The minimum atomic E-state index is -1.11. The van der Waals surface area contributed by atoms with E-state index in [1.165, 1.54) is 0 Å². The van der Waals surface area contributed by atoms with Gasteiger partial charge in [-0.1, -0.05) is 0 Å². The van der Waals surface area contributed by atoms with E-state index in [4.69, 9.17) is 9.84 Å². The maximum absolute atomic E-state index is 11.7. The van der Waals surface area contributed by atoms with Crippen molar-refractivity contribution in [2.75, 3.05) is 0 Å². The number of ether oxygens (including phenoxy) is 1. The van der Waals surface area contributed by atoms with Crippen molar-refractivity contribution < 1.29 is 19.4 Å². The predicted octanol–water partition coefficient (Wildman–Crippen LogP) is 0.550. The zero-order valence-corrected chi connectivity index (χ0v) is 12.0. The van der Waals surface area contributed by atoms with Gasteiger partial charge in [0.05, 0.1) is 12.3 Å². The molecule has 0 radical (unpaired) electrons. The van der Waals surface area contributed by atoms with Gasteiger partial charge in [0.15, 0.2) is 11.6 Å². The number of carboxylic acid groups (broad SMARTS) is 1. The Morgan fingerprint density at radius 3 is 2.20 bits per heavy atom. The van der Waals surface area contributed by atoms with Crippen LogP contribution in [0.15, 0.2) is 0 Å². The van der Waals surface area contributed by atoms with Crippen molar-refractivity contribution in [3.63, 3.8) is 0 Å². The summed E-state index contributed by atoms with van der Waals surface area (Å²) in [4.78, 5) is 22.8. The number of aromatic nitrogens is 4. The van der Waals surface area contributed by atoms with Gasteiger partial charge in [0, 0.05) is 6.42 Å². The van der Waals surface area contributed by atoms with Crippen molar-refractivity contribution in [2.24, 2.45) is 5.92 Å². The van der Waals surface area contributed by atoms with Gasteiger partial charge in [0.1, 0.15) is 5.60 Å². The van der Waals surface area contributed by atoms with E-state index >= 15 is 0 Å². The highest BCUT2D eigenvalue weighted by Crippen LogP contribution is 2.14. The van der Waals surface area contributed by atoms with Crippen molar-refractivity contribution in [1.82, 2.24) is 20.4 Å². The average molecular weight is 282 g/mol. The molecule has 0 saturated heterocycles. The van der Waals surface area contributed by atoms with Gasteiger partial charge in [-0.05, 0) is 27.7 Å². The molecule has 0 spiro atoms. The highest BCUT2D eigenvalue weighted by molar-refractivity contribution is 5.79. The highest BCUT2D eigenvalue weighted by atomic mass is 16.6. The van der Waals surface area contributed by atoms with E-state index < -0.39 is 23.5 Å². The molecular formula is C12H18N4O4. The lowest BCUT2D eigenvalue weighted by Gasteiger charge is -2.20. The van der Waals surface area contributed by atoms with Crippen molar-refractivity contribution in [1.29, 1.82) is 0 Å². The second-order valence-electron chi connectivity index (χ2n) is 5.39. The van der Waals surface area contributed by atoms with Gasteiger partial charge in [-0.2, -0.15) is 0 Å². The Hall–Kier alpha value is -2.12. The summed E-state index contributed by atoms with van der Waals surface area (Å²) in [5, 5.41) is 24.0. The standard InChI is InChI=1S/C12H18N4O4/c1-7-13-15-9(16-14-7)5-8(11(18)19)6-10(17)20-12(2,3)4/h8H,5-6H2,1-4H3,(H,18,19). The lowest BCUT2D eigenvalue weighted by molar-refractivity contribution is -0.159. The first-order valence-electron chi connectivity index (χ1n) is 6.15. The van der Waals surface area contributed by atoms with Crippen LogP contribution in [0.1, 0.15) is 38.8 Å². The van der Waals surface area contributed by atoms with Crippen LogP contribution in [-0.4, -0.2) is 43.0 Å². The molecule has 110 valence electrons. The van der Waals surface area contributed by atoms with Gasteiger partial charge in [-0.15, -0.1) is 20.4 Å². The first-order chi connectivity index (χ1) is 9.17. The number of rotatable bonds is 5. The molecule has 1 aromatic heterocycles. The first-order valence-corrected chi connectivity index (χ1v) is 6.15. The molecule has 8 heteroatoms. The highest BCUT2D eigenvalue weighted by Gasteiger charge is 2.26. The summed E-state index contributed by atoms with van der Waals surface area (Å²) < 4.78 is 5.10. The number of esters is 1. The van der Waals surface area contributed by atoms with E-state index in [9.17, 15) is 9.59 Å². The number of aliphatic carboxylic acids is 1. The Labute approximate surface area is 116 Å². The minimum absolute atomic E-state index is 0.0190. The first kappa shape index (κ1) is 15.9. The Kier molecular flexibility index (Phi) is 5.06. The fourth-order valence-electron chi connectivity index (χ4n) is 1.43. The molecular weight excluding hydrogens is 264 g/mol. The van der Waals surface area contributed by atoms with Gasteiger partial charge in [-0.25, -0.2) is 0 Å². The number of nitrogens with zero attached hydrogens (tertiary/aromatic N) is 4. The number of carbonyl (C=O) groups is 2. The largest absolute Gasteiger partial charge is 0.481 e. The Morgan fingerprint density at radius 1 is 1.20 bits per heavy atom. The van der Waals surface area contributed by atoms with Crippen LogP contribution in [0.3, 0.4) is 0 Å². The number of hydrogen-bond donors (Lipinski definition) is 1. The predicted molar refractivity (Wildman–Crippen MR) is 67.7 cm³/mol. The molecule has 0 amide bonds. The molecule has 1 aromatic rings. The Bertz CT molecular complexity index is 481. The summed E-state index contributed by atoms with van der Waals surface area (Å²) in [5.41, 5.74) is -0.649. The normalized spacial score (nSPS) is 12.8. The van der Waals surface area contributed by atoms with Crippen LogP contribution in [-0.2, 0) is 20.7 Å². The number of hydrogen-bond acceptors (Lipinski definition) is 7. The average Bonchev–Trinajstić information content (AvgIpc) is 2.28. The van der Waals surface area contributed by atoms with Crippen LogP contribution in [0.25, 0.3) is 0 Å². The summed E-state index contributed by atoms with van der Waals surface area (Å²) >= 11 is 0. The van der Waals surface area contributed by atoms with Crippen molar-refractivity contribution in [2.45, 2.75) is 46.1 Å². The molecule has 0 aliphatic heterocycles. The van der Waals surface area contributed by atoms with Crippen molar-refractivity contribution in [3.8, 4) is 0 Å². The van der Waals surface area contributed by atoms with Crippen LogP contribution in [0.4, 0.5) is 0 Å². The molecule has 1 heterocycles. The number of carbonyl (C=O) groups excluding carboxylic acids is 1. The summed E-state index contributed by atoms with van der Waals surface area (Å²) in [6.45, 7) is 6.78. The van der Waals surface area contributed by atoms with E-state index in [0.717, 1.165) is 0 Å².